The van der Waals surface area contributed by atoms with Gasteiger partial charge in [0, 0.05) is 17.2 Å². The predicted octanol–water partition coefficient (Wildman–Crippen LogP) is 3.64. The van der Waals surface area contributed by atoms with Crippen LogP contribution in [-0.4, -0.2) is 16.2 Å². The van der Waals surface area contributed by atoms with Gasteiger partial charge in [-0.1, -0.05) is 6.07 Å². The molecule has 0 amide bonds. The van der Waals surface area contributed by atoms with E-state index in [0.29, 0.717) is 9.64 Å². The third-order valence-corrected chi connectivity index (χ3v) is 3.43. The molecule has 6 heteroatoms. The number of carboxylic acids is 1. The number of rotatable bonds is 2. The Kier molecular flexibility index (Phi) is 3.70. The monoisotopic (exact) mass is 376 g/mol. The lowest BCUT2D eigenvalue weighted by Gasteiger charge is -2.10. The standard InChI is InChI=1S/C13H7F2IO3/c14-6-1-2-7(9(15)5-6)8-3-4-10(16)12(17)11(8)13(18)19/h1-5,17H,(H,18,19). The average molecular weight is 376 g/mol. The number of hydrogen-bond donors (Lipinski definition) is 2. The van der Waals surface area contributed by atoms with Crippen LogP contribution in [0.25, 0.3) is 11.1 Å². The Morgan fingerprint density at radius 2 is 1.74 bits per heavy atom. The minimum absolute atomic E-state index is 0.00270. The molecule has 0 aliphatic carbocycles. The van der Waals surface area contributed by atoms with E-state index in [-0.39, 0.29) is 11.1 Å². The summed E-state index contributed by atoms with van der Waals surface area (Å²) in [5.41, 5.74) is -0.481. The zero-order valence-corrected chi connectivity index (χ0v) is 11.5. The maximum atomic E-state index is 13.7. The van der Waals surface area contributed by atoms with Crippen LogP contribution in [0.2, 0.25) is 0 Å². The van der Waals surface area contributed by atoms with Crippen molar-refractivity contribution < 1.29 is 23.8 Å². The SMILES string of the molecule is O=C(O)c1c(-c2ccc(F)cc2F)ccc(I)c1O. The highest BCUT2D eigenvalue weighted by molar-refractivity contribution is 14.1. The molecule has 2 rings (SSSR count). The Hall–Kier alpha value is -1.70. The van der Waals surface area contributed by atoms with E-state index in [4.69, 9.17) is 5.11 Å². The molecule has 0 radical (unpaired) electrons. The normalized spacial score (nSPS) is 10.5. The fraction of sp³-hybridized carbons (Fsp3) is 0. The van der Waals surface area contributed by atoms with Crippen LogP contribution in [0.5, 0.6) is 5.75 Å². The maximum absolute atomic E-state index is 13.7. The topological polar surface area (TPSA) is 57.5 Å². The van der Waals surface area contributed by atoms with Gasteiger partial charge in [-0.05, 0) is 40.8 Å². The summed E-state index contributed by atoms with van der Waals surface area (Å²) >= 11 is 1.77. The van der Waals surface area contributed by atoms with Gasteiger partial charge in [-0.3, -0.25) is 0 Å². The number of halogens is 3. The summed E-state index contributed by atoms with van der Waals surface area (Å²) in [7, 11) is 0. The molecule has 0 fully saturated rings. The van der Waals surface area contributed by atoms with Crippen LogP contribution in [0.15, 0.2) is 30.3 Å². The lowest BCUT2D eigenvalue weighted by atomic mass is 9.98. The number of benzene rings is 2. The summed E-state index contributed by atoms with van der Waals surface area (Å²) in [4.78, 5) is 11.2. The second-order valence-corrected chi connectivity index (χ2v) is 4.91. The first-order valence-electron chi connectivity index (χ1n) is 5.12. The number of carbonyl (C=O) groups is 1. The molecule has 0 bridgehead atoms. The third kappa shape index (κ3) is 2.53. The average Bonchev–Trinajstić information content (AvgIpc) is 2.32. The molecule has 0 unspecified atom stereocenters. The van der Waals surface area contributed by atoms with Crippen LogP contribution in [0, 0.1) is 15.2 Å². The van der Waals surface area contributed by atoms with Gasteiger partial charge in [-0.25, -0.2) is 13.6 Å². The Balaban J connectivity index is 2.75. The van der Waals surface area contributed by atoms with Crippen LogP contribution >= 0.6 is 22.6 Å². The molecule has 2 aromatic carbocycles. The third-order valence-electron chi connectivity index (χ3n) is 2.56. The molecule has 0 saturated carbocycles. The summed E-state index contributed by atoms with van der Waals surface area (Å²) < 4.78 is 26.9. The van der Waals surface area contributed by atoms with E-state index in [2.05, 4.69) is 0 Å². The minimum Gasteiger partial charge on any atom is -0.506 e. The summed E-state index contributed by atoms with van der Waals surface area (Å²) in [5, 5.41) is 18.9. The quantitative estimate of drug-likeness (QED) is 0.787. The van der Waals surface area contributed by atoms with E-state index in [9.17, 15) is 18.7 Å². The van der Waals surface area contributed by atoms with Gasteiger partial charge in [0.05, 0.1) is 3.57 Å². The van der Waals surface area contributed by atoms with E-state index in [0.717, 1.165) is 12.1 Å². The highest BCUT2D eigenvalue weighted by Gasteiger charge is 2.21. The Morgan fingerprint density at radius 3 is 2.32 bits per heavy atom. The van der Waals surface area contributed by atoms with Gasteiger partial charge in [-0.15, -0.1) is 0 Å². The van der Waals surface area contributed by atoms with Crippen LogP contribution in [0.4, 0.5) is 8.78 Å². The first-order chi connectivity index (χ1) is 8.91. The van der Waals surface area contributed by atoms with Crippen molar-refractivity contribution in [3.05, 3.63) is 51.1 Å². The number of aromatic hydroxyl groups is 1. The molecule has 0 aliphatic heterocycles. The molecule has 98 valence electrons. The zero-order chi connectivity index (χ0) is 14.2. The van der Waals surface area contributed by atoms with Crippen LogP contribution < -0.4 is 0 Å². The van der Waals surface area contributed by atoms with E-state index in [1.165, 1.54) is 12.1 Å². The van der Waals surface area contributed by atoms with Gasteiger partial charge in [-0.2, -0.15) is 0 Å². The van der Waals surface area contributed by atoms with E-state index < -0.39 is 28.9 Å². The van der Waals surface area contributed by atoms with Crippen molar-refractivity contribution in [2.75, 3.05) is 0 Å². The first kappa shape index (κ1) is 13.7. The highest BCUT2D eigenvalue weighted by atomic mass is 127. The van der Waals surface area contributed by atoms with Gasteiger partial charge in [0.2, 0.25) is 0 Å². The number of hydrogen-bond acceptors (Lipinski definition) is 2. The van der Waals surface area contributed by atoms with Gasteiger partial charge >= 0.3 is 5.97 Å². The van der Waals surface area contributed by atoms with Crippen molar-refractivity contribution in [2.45, 2.75) is 0 Å². The Labute approximate surface area is 120 Å². The van der Waals surface area contributed by atoms with Crippen LogP contribution in [-0.2, 0) is 0 Å². The lowest BCUT2D eigenvalue weighted by Crippen LogP contribution is -2.02. The summed E-state index contributed by atoms with van der Waals surface area (Å²) in [5.74, 6) is -3.46. The zero-order valence-electron chi connectivity index (χ0n) is 9.32. The molecule has 19 heavy (non-hydrogen) atoms. The van der Waals surface area contributed by atoms with E-state index in [1.54, 1.807) is 22.6 Å². The predicted molar refractivity (Wildman–Crippen MR) is 73.1 cm³/mol. The lowest BCUT2D eigenvalue weighted by molar-refractivity contribution is 0.0694. The fourth-order valence-electron chi connectivity index (χ4n) is 1.71. The van der Waals surface area contributed by atoms with Gasteiger partial charge < -0.3 is 10.2 Å². The van der Waals surface area contributed by atoms with Crippen molar-refractivity contribution >= 4 is 28.6 Å². The van der Waals surface area contributed by atoms with E-state index >= 15 is 0 Å². The summed E-state index contributed by atoms with van der Waals surface area (Å²) in [6.45, 7) is 0. The number of carboxylic acid groups (broad SMARTS) is 1. The molecule has 0 aliphatic rings. The van der Waals surface area contributed by atoms with Gasteiger partial charge in [0.15, 0.2) is 0 Å². The molecule has 2 aromatic rings. The Morgan fingerprint density at radius 1 is 1.11 bits per heavy atom. The van der Waals surface area contributed by atoms with Crippen molar-refractivity contribution in [2.24, 2.45) is 0 Å². The van der Waals surface area contributed by atoms with E-state index in [1.807, 2.05) is 0 Å². The molecule has 3 nitrogen and oxygen atoms in total. The van der Waals surface area contributed by atoms with Gasteiger partial charge in [0.25, 0.3) is 0 Å². The largest absolute Gasteiger partial charge is 0.506 e. The molecule has 0 saturated heterocycles. The highest BCUT2D eigenvalue weighted by Crippen LogP contribution is 2.35. The smallest absolute Gasteiger partial charge is 0.340 e. The molecule has 0 heterocycles. The first-order valence-corrected chi connectivity index (χ1v) is 6.20. The molecule has 2 N–H and O–H groups in total. The second kappa shape index (κ2) is 5.12. The number of aromatic carboxylic acids is 1. The Bertz CT molecular complexity index is 671. The van der Waals surface area contributed by atoms with Crippen molar-refractivity contribution in [3.63, 3.8) is 0 Å². The molecule has 0 aromatic heterocycles. The molecular weight excluding hydrogens is 369 g/mol. The molecule has 0 spiro atoms. The van der Waals surface area contributed by atoms with Crippen LogP contribution in [0.3, 0.4) is 0 Å². The van der Waals surface area contributed by atoms with Crippen molar-refractivity contribution in [3.8, 4) is 16.9 Å². The number of phenols is 1. The maximum Gasteiger partial charge on any atom is 0.340 e. The fourth-order valence-corrected chi connectivity index (χ4v) is 2.16. The van der Waals surface area contributed by atoms with Crippen molar-refractivity contribution in [1.82, 2.24) is 0 Å². The minimum atomic E-state index is -1.38. The summed E-state index contributed by atoms with van der Waals surface area (Å²) in [6.07, 6.45) is 0. The van der Waals surface area contributed by atoms with Crippen molar-refractivity contribution in [1.29, 1.82) is 0 Å². The molecular formula is C13H7F2IO3. The second-order valence-electron chi connectivity index (χ2n) is 3.75. The van der Waals surface area contributed by atoms with Crippen LogP contribution in [0.1, 0.15) is 10.4 Å². The summed E-state index contributed by atoms with van der Waals surface area (Å²) in [6, 6.07) is 5.66. The van der Waals surface area contributed by atoms with Gasteiger partial charge in [0.1, 0.15) is 22.9 Å². The molecule has 0 atom stereocenters.